The third-order valence-corrected chi connectivity index (χ3v) is 4.47. The molecule has 3 nitrogen and oxygen atoms in total. The summed E-state index contributed by atoms with van der Waals surface area (Å²) < 4.78 is 5.97. The van der Waals surface area contributed by atoms with Crippen LogP contribution in [0, 0.1) is 0 Å². The zero-order chi connectivity index (χ0) is 11.0. The second-order valence-electron chi connectivity index (χ2n) is 5.61. The average Bonchev–Trinajstić information content (AvgIpc) is 2.91. The van der Waals surface area contributed by atoms with Crippen molar-refractivity contribution >= 4 is 0 Å². The molecule has 0 amide bonds. The third kappa shape index (κ3) is 2.01. The van der Waals surface area contributed by atoms with Crippen LogP contribution in [0.4, 0.5) is 0 Å². The summed E-state index contributed by atoms with van der Waals surface area (Å²) in [6.07, 6.45) is 7.67. The van der Waals surface area contributed by atoms with Crippen LogP contribution in [-0.4, -0.2) is 48.8 Å². The van der Waals surface area contributed by atoms with Crippen molar-refractivity contribution < 1.29 is 4.74 Å². The fourth-order valence-electron chi connectivity index (χ4n) is 3.69. The summed E-state index contributed by atoms with van der Waals surface area (Å²) in [5, 5.41) is 3.64. The lowest BCUT2D eigenvalue weighted by Gasteiger charge is -2.39. The van der Waals surface area contributed by atoms with Crippen molar-refractivity contribution in [1.29, 1.82) is 0 Å². The highest BCUT2D eigenvalue weighted by molar-refractivity contribution is 4.97. The fourth-order valence-corrected chi connectivity index (χ4v) is 3.69. The summed E-state index contributed by atoms with van der Waals surface area (Å²) in [5.41, 5.74) is 0. The minimum Gasteiger partial charge on any atom is -0.373 e. The van der Waals surface area contributed by atoms with Gasteiger partial charge in [0, 0.05) is 31.7 Å². The van der Waals surface area contributed by atoms with Gasteiger partial charge in [0.15, 0.2) is 0 Å². The number of ether oxygens (including phenoxy) is 1. The van der Waals surface area contributed by atoms with Crippen molar-refractivity contribution in [3.63, 3.8) is 0 Å². The molecule has 92 valence electrons. The number of rotatable bonds is 3. The number of nitrogens with one attached hydrogen (secondary N) is 1. The van der Waals surface area contributed by atoms with E-state index in [2.05, 4.69) is 17.1 Å². The van der Waals surface area contributed by atoms with Crippen molar-refractivity contribution in [3.05, 3.63) is 0 Å². The van der Waals surface area contributed by atoms with Crippen molar-refractivity contribution in [3.8, 4) is 0 Å². The van der Waals surface area contributed by atoms with E-state index >= 15 is 0 Å². The van der Waals surface area contributed by atoms with E-state index in [1.54, 1.807) is 0 Å². The first-order valence-corrected chi connectivity index (χ1v) is 6.99. The molecule has 3 saturated heterocycles. The van der Waals surface area contributed by atoms with Crippen LogP contribution in [0.5, 0.6) is 0 Å². The molecule has 3 heteroatoms. The van der Waals surface area contributed by atoms with Crippen LogP contribution in [0.1, 0.15) is 39.0 Å². The Morgan fingerprint density at radius 3 is 3.00 bits per heavy atom. The van der Waals surface area contributed by atoms with Gasteiger partial charge in [-0.25, -0.2) is 0 Å². The van der Waals surface area contributed by atoms with Gasteiger partial charge in [0.2, 0.25) is 0 Å². The molecule has 3 rings (SSSR count). The monoisotopic (exact) mass is 224 g/mol. The highest BCUT2D eigenvalue weighted by Gasteiger charge is 2.44. The molecule has 3 fully saturated rings. The van der Waals surface area contributed by atoms with Gasteiger partial charge in [-0.2, -0.15) is 0 Å². The van der Waals surface area contributed by atoms with Gasteiger partial charge in [-0.05, 0) is 25.7 Å². The van der Waals surface area contributed by atoms with Gasteiger partial charge < -0.3 is 10.1 Å². The SMILES string of the molecule is CCCC1CN(C2CC3CCC2O3)CCN1. The number of nitrogens with zero attached hydrogens (tertiary/aromatic N) is 1. The minimum absolute atomic E-state index is 0.561. The predicted octanol–water partition coefficient (Wildman–Crippen LogP) is 1.38. The van der Waals surface area contributed by atoms with E-state index in [-0.39, 0.29) is 0 Å². The molecule has 0 aromatic carbocycles. The topological polar surface area (TPSA) is 24.5 Å². The normalized spacial score (nSPS) is 44.1. The lowest BCUT2D eigenvalue weighted by molar-refractivity contribution is 0.0576. The van der Waals surface area contributed by atoms with E-state index in [0.717, 1.165) is 12.1 Å². The summed E-state index contributed by atoms with van der Waals surface area (Å²) in [5.74, 6) is 0. The molecule has 0 saturated carbocycles. The maximum Gasteiger partial charge on any atom is 0.0735 e. The lowest BCUT2D eigenvalue weighted by Crippen LogP contribution is -2.55. The van der Waals surface area contributed by atoms with E-state index in [0.29, 0.717) is 12.2 Å². The highest BCUT2D eigenvalue weighted by atomic mass is 16.5. The van der Waals surface area contributed by atoms with Gasteiger partial charge >= 0.3 is 0 Å². The Morgan fingerprint density at radius 1 is 1.38 bits per heavy atom. The second-order valence-corrected chi connectivity index (χ2v) is 5.61. The Hall–Kier alpha value is -0.120. The van der Waals surface area contributed by atoms with Crippen molar-refractivity contribution in [2.75, 3.05) is 19.6 Å². The van der Waals surface area contributed by atoms with Gasteiger partial charge in [0.05, 0.1) is 12.2 Å². The first kappa shape index (κ1) is 11.0. The summed E-state index contributed by atoms with van der Waals surface area (Å²) >= 11 is 0. The number of hydrogen-bond acceptors (Lipinski definition) is 3. The minimum atomic E-state index is 0.561. The van der Waals surface area contributed by atoms with Gasteiger partial charge in [0.1, 0.15) is 0 Å². The number of piperazine rings is 1. The molecule has 1 N–H and O–H groups in total. The summed E-state index contributed by atoms with van der Waals surface area (Å²) in [6.45, 7) is 5.91. The molecule has 3 aliphatic heterocycles. The van der Waals surface area contributed by atoms with Crippen LogP contribution in [-0.2, 0) is 4.74 Å². The molecule has 4 atom stereocenters. The van der Waals surface area contributed by atoms with Crippen molar-refractivity contribution in [1.82, 2.24) is 10.2 Å². The molecule has 2 bridgehead atoms. The Morgan fingerprint density at radius 2 is 2.31 bits per heavy atom. The third-order valence-electron chi connectivity index (χ3n) is 4.47. The zero-order valence-corrected chi connectivity index (χ0v) is 10.3. The van der Waals surface area contributed by atoms with E-state index in [4.69, 9.17) is 4.74 Å². The first-order valence-electron chi connectivity index (χ1n) is 6.99. The maximum absolute atomic E-state index is 5.97. The standard InChI is InChI=1S/C13H24N2O/c1-2-3-10-9-15(7-6-14-10)12-8-11-4-5-13(12)16-11/h10-14H,2-9H2,1H3. The molecule has 4 unspecified atom stereocenters. The van der Waals surface area contributed by atoms with Crippen LogP contribution >= 0.6 is 0 Å². The van der Waals surface area contributed by atoms with E-state index in [9.17, 15) is 0 Å². The molecule has 0 aromatic heterocycles. The second kappa shape index (κ2) is 4.63. The summed E-state index contributed by atoms with van der Waals surface area (Å²) in [6, 6.07) is 1.46. The van der Waals surface area contributed by atoms with Gasteiger partial charge in [-0.3, -0.25) is 4.90 Å². The molecule has 16 heavy (non-hydrogen) atoms. The predicted molar refractivity (Wildman–Crippen MR) is 64.6 cm³/mol. The molecule has 0 spiro atoms. The van der Waals surface area contributed by atoms with E-state index in [1.165, 1.54) is 51.7 Å². The molecular formula is C13H24N2O. The summed E-state index contributed by atoms with van der Waals surface area (Å²) in [7, 11) is 0. The van der Waals surface area contributed by atoms with Gasteiger partial charge in [-0.1, -0.05) is 13.3 Å². The van der Waals surface area contributed by atoms with Crippen LogP contribution in [0.15, 0.2) is 0 Å². The zero-order valence-electron chi connectivity index (χ0n) is 10.3. The smallest absolute Gasteiger partial charge is 0.0735 e. The number of fused-ring (bicyclic) bond motifs is 2. The maximum atomic E-state index is 5.97. The molecule has 3 aliphatic rings. The van der Waals surface area contributed by atoms with Crippen molar-refractivity contribution in [2.24, 2.45) is 0 Å². The largest absolute Gasteiger partial charge is 0.373 e. The van der Waals surface area contributed by atoms with E-state index < -0.39 is 0 Å². The molecule has 0 aromatic rings. The Labute approximate surface area is 98.5 Å². The van der Waals surface area contributed by atoms with Crippen LogP contribution in [0.25, 0.3) is 0 Å². The molecular weight excluding hydrogens is 200 g/mol. The van der Waals surface area contributed by atoms with Gasteiger partial charge in [0.25, 0.3) is 0 Å². The molecule has 3 heterocycles. The number of hydrogen-bond donors (Lipinski definition) is 1. The van der Waals surface area contributed by atoms with Gasteiger partial charge in [-0.15, -0.1) is 0 Å². The fraction of sp³-hybridized carbons (Fsp3) is 1.00. The average molecular weight is 224 g/mol. The molecule has 0 radical (unpaired) electrons. The van der Waals surface area contributed by atoms with Crippen LogP contribution in [0.2, 0.25) is 0 Å². The Balaban J connectivity index is 1.58. The Kier molecular flexibility index (Phi) is 3.18. The van der Waals surface area contributed by atoms with Crippen LogP contribution < -0.4 is 5.32 Å². The first-order chi connectivity index (χ1) is 7.86. The van der Waals surface area contributed by atoms with E-state index in [1.807, 2.05) is 0 Å². The lowest BCUT2D eigenvalue weighted by atomic mass is 9.93. The van der Waals surface area contributed by atoms with Crippen LogP contribution in [0.3, 0.4) is 0 Å². The summed E-state index contributed by atoms with van der Waals surface area (Å²) in [4.78, 5) is 2.70. The molecule has 0 aliphatic carbocycles. The Bertz CT molecular complexity index is 244. The highest BCUT2D eigenvalue weighted by Crippen LogP contribution is 2.37. The van der Waals surface area contributed by atoms with Crippen molar-refractivity contribution in [2.45, 2.75) is 63.3 Å². The quantitative estimate of drug-likeness (QED) is 0.784.